The third kappa shape index (κ3) is 5.28. The standard InChI is InChI=1S/C13H28N2O/c1-4-12-11(6-9-16-12)10-15-8-5-7-13(2,3)14/h11-12,15H,4-10,14H2,1-3H3. The quantitative estimate of drug-likeness (QED) is 0.654. The fourth-order valence-electron chi connectivity index (χ4n) is 2.33. The second kappa shape index (κ2) is 6.58. The Labute approximate surface area is 100 Å². The molecule has 16 heavy (non-hydrogen) atoms. The highest BCUT2D eigenvalue weighted by Gasteiger charge is 2.25. The van der Waals surface area contributed by atoms with E-state index < -0.39 is 0 Å². The fourth-order valence-corrected chi connectivity index (χ4v) is 2.33. The third-order valence-corrected chi connectivity index (χ3v) is 3.33. The van der Waals surface area contributed by atoms with Crippen molar-refractivity contribution in [1.29, 1.82) is 0 Å². The highest BCUT2D eigenvalue weighted by Crippen LogP contribution is 2.22. The molecule has 1 aliphatic heterocycles. The Morgan fingerprint density at radius 3 is 2.81 bits per heavy atom. The molecule has 0 saturated carbocycles. The lowest BCUT2D eigenvalue weighted by atomic mass is 9.98. The lowest BCUT2D eigenvalue weighted by Crippen LogP contribution is -2.34. The van der Waals surface area contributed by atoms with Gasteiger partial charge in [0.25, 0.3) is 0 Å². The molecule has 0 aromatic heterocycles. The van der Waals surface area contributed by atoms with Crippen LogP contribution in [0.25, 0.3) is 0 Å². The molecule has 2 atom stereocenters. The van der Waals surface area contributed by atoms with Crippen LogP contribution >= 0.6 is 0 Å². The van der Waals surface area contributed by atoms with Gasteiger partial charge in [0.2, 0.25) is 0 Å². The van der Waals surface area contributed by atoms with Gasteiger partial charge in [-0.05, 0) is 52.0 Å². The summed E-state index contributed by atoms with van der Waals surface area (Å²) in [4.78, 5) is 0. The molecule has 3 nitrogen and oxygen atoms in total. The van der Waals surface area contributed by atoms with Crippen LogP contribution < -0.4 is 11.1 Å². The Morgan fingerprint density at radius 2 is 2.19 bits per heavy atom. The summed E-state index contributed by atoms with van der Waals surface area (Å²) in [6.45, 7) is 9.51. The van der Waals surface area contributed by atoms with E-state index in [2.05, 4.69) is 26.1 Å². The molecule has 1 rings (SSSR count). The van der Waals surface area contributed by atoms with E-state index in [9.17, 15) is 0 Å². The Kier molecular flexibility index (Phi) is 5.73. The summed E-state index contributed by atoms with van der Waals surface area (Å²) in [5.74, 6) is 0.718. The molecule has 1 fully saturated rings. The van der Waals surface area contributed by atoms with E-state index >= 15 is 0 Å². The molecule has 0 aromatic carbocycles. The Hall–Kier alpha value is -0.120. The van der Waals surface area contributed by atoms with Gasteiger partial charge in [-0.25, -0.2) is 0 Å². The highest BCUT2D eigenvalue weighted by molar-refractivity contribution is 4.77. The number of ether oxygens (including phenoxy) is 1. The zero-order valence-electron chi connectivity index (χ0n) is 11.1. The Morgan fingerprint density at radius 1 is 1.44 bits per heavy atom. The van der Waals surface area contributed by atoms with E-state index in [1.54, 1.807) is 0 Å². The predicted octanol–water partition coefficient (Wildman–Crippen LogP) is 1.91. The molecule has 1 heterocycles. The van der Waals surface area contributed by atoms with Gasteiger partial charge < -0.3 is 15.8 Å². The molecule has 2 unspecified atom stereocenters. The topological polar surface area (TPSA) is 47.3 Å². The number of hydrogen-bond donors (Lipinski definition) is 2. The summed E-state index contributed by atoms with van der Waals surface area (Å²) in [6.07, 6.45) is 5.08. The Bertz CT molecular complexity index is 189. The highest BCUT2D eigenvalue weighted by atomic mass is 16.5. The van der Waals surface area contributed by atoms with Crippen molar-refractivity contribution >= 4 is 0 Å². The molecule has 0 aromatic rings. The minimum atomic E-state index is -0.0237. The molecule has 1 saturated heterocycles. The summed E-state index contributed by atoms with van der Waals surface area (Å²) in [5, 5.41) is 3.53. The van der Waals surface area contributed by atoms with Crippen LogP contribution in [0.15, 0.2) is 0 Å². The first kappa shape index (κ1) is 13.9. The lowest BCUT2D eigenvalue weighted by molar-refractivity contribution is 0.0873. The van der Waals surface area contributed by atoms with Crippen LogP contribution in [0.4, 0.5) is 0 Å². The van der Waals surface area contributed by atoms with E-state index in [1.165, 1.54) is 6.42 Å². The molecule has 3 N–H and O–H groups in total. The van der Waals surface area contributed by atoms with Gasteiger partial charge in [-0.15, -0.1) is 0 Å². The zero-order valence-corrected chi connectivity index (χ0v) is 11.1. The van der Waals surface area contributed by atoms with E-state index in [0.717, 1.165) is 44.9 Å². The van der Waals surface area contributed by atoms with Crippen LogP contribution in [-0.2, 0) is 4.74 Å². The van der Waals surface area contributed by atoms with Crippen LogP contribution in [0.5, 0.6) is 0 Å². The normalized spacial score (nSPS) is 26.2. The first-order valence-corrected chi connectivity index (χ1v) is 6.64. The van der Waals surface area contributed by atoms with Crippen molar-refractivity contribution in [3.63, 3.8) is 0 Å². The second-order valence-electron chi connectivity index (χ2n) is 5.66. The van der Waals surface area contributed by atoms with Gasteiger partial charge in [0.05, 0.1) is 6.10 Å². The first-order valence-electron chi connectivity index (χ1n) is 6.64. The van der Waals surface area contributed by atoms with Gasteiger partial charge >= 0.3 is 0 Å². The van der Waals surface area contributed by atoms with Gasteiger partial charge in [0, 0.05) is 18.7 Å². The summed E-state index contributed by atoms with van der Waals surface area (Å²) < 4.78 is 5.67. The maximum absolute atomic E-state index is 5.94. The minimum Gasteiger partial charge on any atom is -0.378 e. The molecular weight excluding hydrogens is 200 g/mol. The van der Waals surface area contributed by atoms with Crippen LogP contribution in [-0.4, -0.2) is 31.3 Å². The second-order valence-corrected chi connectivity index (χ2v) is 5.66. The maximum Gasteiger partial charge on any atom is 0.0613 e. The smallest absolute Gasteiger partial charge is 0.0613 e. The number of nitrogens with one attached hydrogen (secondary N) is 1. The third-order valence-electron chi connectivity index (χ3n) is 3.33. The average Bonchev–Trinajstić information content (AvgIpc) is 2.63. The SMILES string of the molecule is CCC1OCCC1CNCCCC(C)(C)N. The molecule has 0 aliphatic carbocycles. The number of rotatable bonds is 7. The van der Waals surface area contributed by atoms with Crippen molar-refractivity contribution in [1.82, 2.24) is 5.32 Å². The van der Waals surface area contributed by atoms with Gasteiger partial charge in [-0.2, -0.15) is 0 Å². The van der Waals surface area contributed by atoms with E-state index in [1.807, 2.05) is 0 Å². The molecule has 0 spiro atoms. The number of nitrogens with two attached hydrogens (primary N) is 1. The van der Waals surface area contributed by atoms with E-state index in [0.29, 0.717) is 6.10 Å². The molecule has 0 bridgehead atoms. The monoisotopic (exact) mass is 228 g/mol. The molecular formula is C13H28N2O. The van der Waals surface area contributed by atoms with Crippen molar-refractivity contribution in [3.8, 4) is 0 Å². The predicted molar refractivity (Wildman–Crippen MR) is 68.5 cm³/mol. The van der Waals surface area contributed by atoms with Crippen molar-refractivity contribution in [3.05, 3.63) is 0 Å². The molecule has 96 valence electrons. The van der Waals surface area contributed by atoms with Crippen molar-refractivity contribution in [2.75, 3.05) is 19.7 Å². The minimum absolute atomic E-state index is 0.0237. The lowest BCUT2D eigenvalue weighted by Gasteiger charge is -2.20. The largest absolute Gasteiger partial charge is 0.378 e. The zero-order chi connectivity index (χ0) is 12.0. The van der Waals surface area contributed by atoms with Gasteiger partial charge in [0.1, 0.15) is 0 Å². The average molecular weight is 228 g/mol. The van der Waals surface area contributed by atoms with E-state index in [4.69, 9.17) is 10.5 Å². The maximum atomic E-state index is 5.94. The van der Waals surface area contributed by atoms with Crippen molar-refractivity contribution < 1.29 is 4.74 Å². The van der Waals surface area contributed by atoms with Crippen LogP contribution in [0.1, 0.15) is 46.5 Å². The number of hydrogen-bond acceptors (Lipinski definition) is 3. The summed E-state index contributed by atoms with van der Waals surface area (Å²) in [5.41, 5.74) is 5.91. The van der Waals surface area contributed by atoms with Crippen LogP contribution in [0.3, 0.4) is 0 Å². The van der Waals surface area contributed by atoms with E-state index in [-0.39, 0.29) is 5.54 Å². The van der Waals surface area contributed by atoms with Crippen LogP contribution in [0, 0.1) is 5.92 Å². The Balaban J connectivity index is 2.03. The van der Waals surface area contributed by atoms with Gasteiger partial charge in [-0.1, -0.05) is 6.92 Å². The van der Waals surface area contributed by atoms with Crippen molar-refractivity contribution in [2.45, 2.75) is 58.1 Å². The van der Waals surface area contributed by atoms with Crippen LogP contribution in [0.2, 0.25) is 0 Å². The fraction of sp³-hybridized carbons (Fsp3) is 1.00. The van der Waals surface area contributed by atoms with Gasteiger partial charge in [0.15, 0.2) is 0 Å². The molecule has 1 aliphatic rings. The molecule has 3 heteroatoms. The summed E-state index contributed by atoms with van der Waals surface area (Å²) >= 11 is 0. The summed E-state index contributed by atoms with van der Waals surface area (Å²) in [6, 6.07) is 0. The van der Waals surface area contributed by atoms with Crippen molar-refractivity contribution in [2.24, 2.45) is 11.7 Å². The summed E-state index contributed by atoms with van der Waals surface area (Å²) in [7, 11) is 0. The first-order chi connectivity index (χ1) is 7.53. The molecule has 0 amide bonds. The van der Waals surface area contributed by atoms with Gasteiger partial charge in [-0.3, -0.25) is 0 Å². The molecule has 0 radical (unpaired) electrons.